The number of carbonyl (C=O) groups excluding carboxylic acids is 2. The number of anilines is 1. The molecule has 2 aromatic heterocycles. The van der Waals surface area contributed by atoms with Gasteiger partial charge in [0, 0.05) is 87.2 Å². The van der Waals surface area contributed by atoms with Crippen LogP contribution in [0.15, 0.2) is 48.5 Å². The van der Waals surface area contributed by atoms with Gasteiger partial charge in [0.2, 0.25) is 5.88 Å². The maximum atomic E-state index is 13.4. The molecule has 2 aliphatic heterocycles. The van der Waals surface area contributed by atoms with Crippen LogP contribution >= 0.6 is 23.2 Å². The minimum atomic E-state index is -4.88. The van der Waals surface area contributed by atoms with Gasteiger partial charge in [-0.05, 0) is 19.2 Å². The second-order valence-corrected chi connectivity index (χ2v) is 12.9. The summed E-state index contributed by atoms with van der Waals surface area (Å²) in [6, 6.07) is 14.4. The van der Waals surface area contributed by atoms with Gasteiger partial charge in [-0.1, -0.05) is 59.6 Å². The summed E-state index contributed by atoms with van der Waals surface area (Å²) in [5, 5.41) is 3.62. The first kappa shape index (κ1) is 34.7. The quantitative estimate of drug-likeness (QED) is 0.254. The Labute approximate surface area is 291 Å². The molecule has 4 aromatic rings. The molecular weight excluding hydrogens is 682 g/mol. The van der Waals surface area contributed by atoms with Gasteiger partial charge in [0.1, 0.15) is 0 Å². The first-order chi connectivity index (χ1) is 23.3. The van der Waals surface area contributed by atoms with Crippen molar-refractivity contribution in [1.29, 1.82) is 0 Å². The normalized spacial score (nSPS) is 15.6. The Morgan fingerprint density at radius 1 is 0.898 bits per heavy atom. The van der Waals surface area contributed by atoms with Gasteiger partial charge < -0.3 is 24.4 Å². The monoisotopic (exact) mass is 715 g/mol. The number of benzene rings is 2. The molecule has 0 radical (unpaired) electrons. The third-order valence-electron chi connectivity index (χ3n) is 8.89. The topological polar surface area (TPSA) is 95.8 Å². The molecule has 2 aliphatic rings. The first-order valence-electron chi connectivity index (χ1n) is 15.6. The highest BCUT2D eigenvalue weighted by atomic mass is 35.5. The first-order valence-corrected chi connectivity index (χ1v) is 16.4. The smallest absolute Gasteiger partial charge is 0.471 e. The van der Waals surface area contributed by atoms with Crippen LogP contribution in [0.2, 0.25) is 10.0 Å². The van der Waals surface area contributed by atoms with Crippen LogP contribution in [0.5, 0.6) is 5.88 Å². The van der Waals surface area contributed by atoms with Crippen LogP contribution in [0.25, 0.3) is 22.4 Å². The predicted molar refractivity (Wildman–Crippen MR) is 181 cm³/mol. The average Bonchev–Trinajstić information content (AvgIpc) is 3.41. The van der Waals surface area contributed by atoms with Crippen LogP contribution in [-0.2, 0) is 31.4 Å². The summed E-state index contributed by atoms with van der Waals surface area (Å²) in [5.74, 6) is -1.53. The number of nitrogens with one attached hydrogen (secondary N) is 1. The lowest BCUT2D eigenvalue weighted by atomic mass is 10.00. The van der Waals surface area contributed by atoms with E-state index in [0.717, 1.165) is 34.8 Å². The molecule has 0 saturated carbocycles. The average molecular weight is 717 g/mol. The number of alkyl halides is 3. The zero-order valence-electron chi connectivity index (χ0n) is 27.1. The highest BCUT2D eigenvalue weighted by Crippen LogP contribution is 2.41. The van der Waals surface area contributed by atoms with Crippen molar-refractivity contribution in [2.24, 2.45) is 7.05 Å². The predicted octanol–water partition coefficient (Wildman–Crippen LogP) is 5.91. The fourth-order valence-corrected chi connectivity index (χ4v) is 6.86. The van der Waals surface area contributed by atoms with Crippen molar-refractivity contribution >= 4 is 40.7 Å². The molecular formula is C34H34Cl2F3N7O3. The number of nitrogens with zero attached hydrogens (tertiary/aromatic N) is 6. The maximum Gasteiger partial charge on any atom is 0.471 e. The molecule has 0 bridgehead atoms. The number of carbonyl (C=O) groups is 2. The van der Waals surface area contributed by atoms with E-state index in [0.29, 0.717) is 62.9 Å². The van der Waals surface area contributed by atoms with Crippen LogP contribution in [0.1, 0.15) is 27.6 Å². The van der Waals surface area contributed by atoms with E-state index in [1.165, 1.54) is 7.11 Å². The molecule has 4 heterocycles. The summed E-state index contributed by atoms with van der Waals surface area (Å²) in [6.45, 7) is 2.47. The highest BCUT2D eigenvalue weighted by molar-refractivity contribution is 6.39. The van der Waals surface area contributed by atoms with E-state index in [1.54, 1.807) is 18.2 Å². The van der Waals surface area contributed by atoms with Gasteiger partial charge in [0.05, 0.1) is 34.2 Å². The highest BCUT2D eigenvalue weighted by Gasteiger charge is 2.43. The van der Waals surface area contributed by atoms with Crippen LogP contribution in [0.4, 0.5) is 18.9 Å². The summed E-state index contributed by atoms with van der Waals surface area (Å²) in [5.41, 5.74) is 5.49. The zero-order chi connectivity index (χ0) is 35.0. The number of fused-ring (bicyclic) bond motifs is 1. The zero-order valence-corrected chi connectivity index (χ0v) is 28.6. The Morgan fingerprint density at radius 2 is 1.57 bits per heavy atom. The number of pyridine rings is 1. The molecule has 1 N–H and O–H groups in total. The van der Waals surface area contributed by atoms with E-state index in [2.05, 4.69) is 15.2 Å². The second kappa shape index (κ2) is 14.0. The molecule has 2 amide bonds. The number of hydrogen-bond donors (Lipinski definition) is 1. The largest absolute Gasteiger partial charge is 0.481 e. The second-order valence-electron chi connectivity index (χ2n) is 12.1. The summed E-state index contributed by atoms with van der Waals surface area (Å²) < 4.78 is 45.9. The van der Waals surface area contributed by atoms with Crippen molar-refractivity contribution in [2.45, 2.75) is 25.7 Å². The molecule has 6 rings (SSSR count). The van der Waals surface area contributed by atoms with Crippen LogP contribution < -0.4 is 10.1 Å². The molecule has 1 saturated heterocycles. The van der Waals surface area contributed by atoms with Crippen molar-refractivity contribution in [1.82, 2.24) is 29.2 Å². The van der Waals surface area contributed by atoms with Gasteiger partial charge in [-0.3, -0.25) is 14.5 Å². The summed E-state index contributed by atoms with van der Waals surface area (Å²) >= 11 is 13.9. The number of rotatable bonds is 7. The van der Waals surface area contributed by atoms with Crippen molar-refractivity contribution in [3.63, 3.8) is 0 Å². The molecule has 2 aromatic carbocycles. The molecule has 258 valence electrons. The van der Waals surface area contributed by atoms with Crippen molar-refractivity contribution in [2.75, 3.05) is 52.2 Å². The molecule has 0 atom stereocenters. The Morgan fingerprint density at radius 3 is 2.27 bits per heavy atom. The molecule has 1 fully saturated rings. The van der Waals surface area contributed by atoms with Gasteiger partial charge >= 0.3 is 12.1 Å². The van der Waals surface area contributed by atoms with E-state index >= 15 is 0 Å². The lowest BCUT2D eigenvalue weighted by molar-refractivity contribution is -0.187. The van der Waals surface area contributed by atoms with Crippen LogP contribution in [0, 0.1) is 0 Å². The van der Waals surface area contributed by atoms with E-state index in [-0.39, 0.29) is 32.1 Å². The van der Waals surface area contributed by atoms with Gasteiger partial charge in [0.15, 0.2) is 5.82 Å². The molecule has 49 heavy (non-hydrogen) atoms. The number of halogens is 5. The number of piperazine rings is 1. The Kier molecular flexibility index (Phi) is 9.90. The molecule has 10 nitrogen and oxygen atoms in total. The number of ether oxygens (including phenoxy) is 1. The third-order valence-corrected chi connectivity index (χ3v) is 9.70. The minimum absolute atomic E-state index is 0.0231. The van der Waals surface area contributed by atoms with Crippen molar-refractivity contribution in [3.8, 4) is 28.3 Å². The summed E-state index contributed by atoms with van der Waals surface area (Å²) in [7, 11) is 5.36. The molecule has 0 spiro atoms. The fraction of sp³-hybridized carbons (Fsp3) is 0.353. The van der Waals surface area contributed by atoms with Crippen LogP contribution in [-0.4, -0.2) is 94.1 Å². The van der Waals surface area contributed by atoms with E-state index in [1.807, 2.05) is 53.9 Å². The van der Waals surface area contributed by atoms with Gasteiger partial charge in [-0.2, -0.15) is 13.2 Å². The SMILES string of the molecule is COc1nc(-c2cccc(-c3cccc(NC(=O)c4nc5c(n4C)CCN(C)C5)c3Cl)c2Cl)ccc1CN1CCN(C(=O)C(F)(F)F)CC1. The third kappa shape index (κ3) is 7.11. The summed E-state index contributed by atoms with van der Waals surface area (Å²) in [4.78, 5) is 39.2. The fourth-order valence-electron chi connectivity index (χ4n) is 6.26. The Bertz CT molecular complexity index is 1910. The number of amides is 2. The summed E-state index contributed by atoms with van der Waals surface area (Å²) in [6.07, 6.45) is -4.07. The lowest BCUT2D eigenvalue weighted by Gasteiger charge is -2.35. The standard InChI is InChI=1S/C34H34Cl2F3N7O3/c1-43-13-12-27-26(19-43)40-30(44(27)2)31(47)41-25-9-5-7-22(29(25)36)21-6-4-8-23(28(21)35)24-11-10-20(32(42-24)49-3)18-45-14-16-46(17-15-45)33(48)34(37,38)39/h4-11H,12-19H2,1-3H3,(H,41,47). The maximum absolute atomic E-state index is 13.4. The number of hydrogen-bond acceptors (Lipinski definition) is 7. The minimum Gasteiger partial charge on any atom is -0.481 e. The van der Waals surface area contributed by atoms with Gasteiger partial charge in [-0.15, -0.1) is 0 Å². The van der Waals surface area contributed by atoms with Crippen molar-refractivity contribution < 1.29 is 27.5 Å². The Balaban J connectivity index is 1.20. The number of likely N-dealkylation sites (N-methyl/N-ethyl adjacent to an activating group) is 1. The van der Waals surface area contributed by atoms with E-state index in [4.69, 9.17) is 32.9 Å². The van der Waals surface area contributed by atoms with Gasteiger partial charge in [-0.25, -0.2) is 9.97 Å². The molecule has 0 aliphatic carbocycles. The van der Waals surface area contributed by atoms with E-state index in [9.17, 15) is 22.8 Å². The number of imidazole rings is 1. The van der Waals surface area contributed by atoms with Crippen LogP contribution in [0.3, 0.4) is 0 Å². The van der Waals surface area contributed by atoms with Crippen molar-refractivity contribution in [3.05, 3.63) is 81.4 Å². The Hall–Kier alpha value is -4.17. The number of aromatic nitrogens is 3. The lowest BCUT2D eigenvalue weighted by Crippen LogP contribution is -2.52. The molecule has 0 unspecified atom stereocenters. The molecule has 15 heteroatoms. The number of methoxy groups -OCH3 is 1. The van der Waals surface area contributed by atoms with Gasteiger partial charge in [0.25, 0.3) is 5.91 Å². The van der Waals surface area contributed by atoms with E-state index < -0.39 is 12.1 Å².